The lowest BCUT2D eigenvalue weighted by atomic mass is 10.1. The first kappa shape index (κ1) is 18.7. The number of carbonyl (C=O) groups excluding carboxylic acids is 1. The summed E-state index contributed by atoms with van der Waals surface area (Å²) in [6, 6.07) is -0.813. The second-order valence-corrected chi connectivity index (χ2v) is 6.15. The standard InChI is InChI=1S/C15H29NO4/c1-6-7-8-9-10-11-12(13(17)18)16(5)14(19)20-15(2,3)4/h12H,6-11H2,1-5H3,(H,17,18)/t12-/m1/s1. The monoisotopic (exact) mass is 287 g/mol. The fourth-order valence-electron chi connectivity index (χ4n) is 1.89. The maximum atomic E-state index is 11.9. The molecule has 5 nitrogen and oxygen atoms in total. The largest absolute Gasteiger partial charge is 0.480 e. The highest BCUT2D eigenvalue weighted by Crippen LogP contribution is 2.15. The van der Waals surface area contributed by atoms with Gasteiger partial charge in [0, 0.05) is 7.05 Å². The molecule has 0 bridgehead atoms. The van der Waals surface area contributed by atoms with Crippen LogP contribution in [0.4, 0.5) is 4.79 Å². The van der Waals surface area contributed by atoms with Crippen LogP contribution in [0, 0.1) is 0 Å². The van der Waals surface area contributed by atoms with Crippen molar-refractivity contribution >= 4 is 12.1 Å². The minimum absolute atomic E-state index is 0.467. The van der Waals surface area contributed by atoms with E-state index in [2.05, 4.69) is 6.92 Å². The van der Waals surface area contributed by atoms with Gasteiger partial charge in [0.25, 0.3) is 0 Å². The van der Waals surface area contributed by atoms with Crippen LogP contribution in [0.5, 0.6) is 0 Å². The SMILES string of the molecule is CCCCCCC[C@H](C(=O)O)N(C)C(=O)OC(C)(C)C. The molecule has 20 heavy (non-hydrogen) atoms. The van der Waals surface area contributed by atoms with E-state index in [1.54, 1.807) is 20.8 Å². The van der Waals surface area contributed by atoms with E-state index in [9.17, 15) is 14.7 Å². The molecule has 1 N–H and O–H groups in total. The highest BCUT2D eigenvalue weighted by molar-refractivity contribution is 5.79. The van der Waals surface area contributed by atoms with Crippen LogP contribution in [0.2, 0.25) is 0 Å². The Labute approximate surface area is 122 Å². The summed E-state index contributed by atoms with van der Waals surface area (Å²) in [6.45, 7) is 7.42. The van der Waals surface area contributed by atoms with Crippen molar-refractivity contribution in [2.24, 2.45) is 0 Å². The summed E-state index contributed by atoms with van der Waals surface area (Å²) in [4.78, 5) is 24.3. The summed E-state index contributed by atoms with van der Waals surface area (Å²) in [5.74, 6) is -0.978. The van der Waals surface area contributed by atoms with E-state index >= 15 is 0 Å². The van der Waals surface area contributed by atoms with Gasteiger partial charge < -0.3 is 9.84 Å². The van der Waals surface area contributed by atoms with Crippen molar-refractivity contribution in [1.82, 2.24) is 4.90 Å². The summed E-state index contributed by atoms with van der Waals surface area (Å²) in [5.41, 5.74) is -0.616. The van der Waals surface area contributed by atoms with Gasteiger partial charge in [0.05, 0.1) is 0 Å². The minimum atomic E-state index is -0.978. The normalized spacial score (nSPS) is 12.8. The van der Waals surface area contributed by atoms with Gasteiger partial charge >= 0.3 is 12.1 Å². The quantitative estimate of drug-likeness (QED) is 0.692. The van der Waals surface area contributed by atoms with Crippen molar-refractivity contribution < 1.29 is 19.4 Å². The molecule has 0 radical (unpaired) electrons. The number of rotatable bonds is 8. The lowest BCUT2D eigenvalue weighted by Crippen LogP contribution is -2.44. The number of hydrogen-bond donors (Lipinski definition) is 1. The Bertz CT molecular complexity index is 309. The third-order valence-electron chi connectivity index (χ3n) is 3.02. The molecule has 0 aromatic heterocycles. The molecule has 0 fully saturated rings. The molecular formula is C15H29NO4. The molecular weight excluding hydrogens is 258 g/mol. The van der Waals surface area contributed by atoms with Gasteiger partial charge in [0.1, 0.15) is 11.6 Å². The molecule has 0 unspecified atom stereocenters. The topological polar surface area (TPSA) is 66.8 Å². The van der Waals surface area contributed by atoms with Crippen LogP contribution in [0.1, 0.15) is 66.2 Å². The minimum Gasteiger partial charge on any atom is -0.480 e. The smallest absolute Gasteiger partial charge is 0.410 e. The Morgan fingerprint density at radius 1 is 1.15 bits per heavy atom. The summed E-state index contributed by atoms with van der Waals surface area (Å²) in [6.07, 6.45) is 5.12. The number of ether oxygens (including phenoxy) is 1. The molecule has 0 rings (SSSR count). The molecule has 0 saturated carbocycles. The van der Waals surface area contributed by atoms with Crippen LogP contribution in [0.15, 0.2) is 0 Å². The summed E-state index contributed by atoms with van der Waals surface area (Å²) >= 11 is 0. The van der Waals surface area contributed by atoms with E-state index in [1.165, 1.54) is 18.4 Å². The molecule has 0 saturated heterocycles. The number of unbranched alkanes of at least 4 members (excludes halogenated alkanes) is 4. The number of carboxylic acid groups (broad SMARTS) is 1. The zero-order valence-electron chi connectivity index (χ0n) is 13.4. The Hall–Kier alpha value is -1.26. The highest BCUT2D eigenvalue weighted by Gasteiger charge is 2.29. The molecule has 0 aliphatic heterocycles. The molecule has 0 aliphatic carbocycles. The third-order valence-corrected chi connectivity index (χ3v) is 3.02. The van der Waals surface area contributed by atoms with E-state index in [0.717, 1.165) is 25.7 Å². The Morgan fingerprint density at radius 2 is 1.70 bits per heavy atom. The number of amides is 1. The van der Waals surface area contributed by atoms with E-state index in [4.69, 9.17) is 4.74 Å². The molecule has 0 heterocycles. The Balaban J connectivity index is 4.36. The average Bonchev–Trinajstić information content (AvgIpc) is 2.30. The van der Waals surface area contributed by atoms with Gasteiger partial charge in [-0.15, -0.1) is 0 Å². The second kappa shape index (κ2) is 8.82. The predicted molar refractivity (Wildman–Crippen MR) is 78.8 cm³/mol. The Kier molecular flexibility index (Phi) is 8.26. The molecule has 0 aromatic rings. The van der Waals surface area contributed by atoms with E-state index in [-0.39, 0.29) is 0 Å². The molecule has 5 heteroatoms. The van der Waals surface area contributed by atoms with Crippen LogP contribution in [-0.4, -0.2) is 40.8 Å². The van der Waals surface area contributed by atoms with Gasteiger partial charge in [-0.1, -0.05) is 39.0 Å². The van der Waals surface area contributed by atoms with Crippen molar-refractivity contribution in [3.05, 3.63) is 0 Å². The number of aliphatic carboxylic acids is 1. The lowest BCUT2D eigenvalue weighted by Gasteiger charge is -2.28. The van der Waals surface area contributed by atoms with Gasteiger partial charge in [-0.2, -0.15) is 0 Å². The van der Waals surface area contributed by atoms with Crippen LogP contribution >= 0.6 is 0 Å². The van der Waals surface area contributed by atoms with E-state index in [0.29, 0.717) is 6.42 Å². The maximum Gasteiger partial charge on any atom is 0.410 e. The molecule has 1 amide bonds. The average molecular weight is 287 g/mol. The molecule has 0 aliphatic rings. The summed E-state index contributed by atoms with van der Waals surface area (Å²) < 4.78 is 5.20. The lowest BCUT2D eigenvalue weighted by molar-refractivity contribution is -0.143. The van der Waals surface area contributed by atoms with Crippen LogP contribution < -0.4 is 0 Å². The van der Waals surface area contributed by atoms with Crippen LogP contribution in [0.3, 0.4) is 0 Å². The fourth-order valence-corrected chi connectivity index (χ4v) is 1.89. The third kappa shape index (κ3) is 8.02. The zero-order valence-corrected chi connectivity index (χ0v) is 13.4. The first-order valence-electron chi connectivity index (χ1n) is 7.37. The molecule has 0 aromatic carbocycles. The number of hydrogen-bond acceptors (Lipinski definition) is 3. The van der Waals surface area contributed by atoms with Crippen LogP contribution in [0.25, 0.3) is 0 Å². The Morgan fingerprint density at radius 3 is 2.15 bits per heavy atom. The maximum absolute atomic E-state index is 11.9. The van der Waals surface area contributed by atoms with Gasteiger partial charge in [-0.3, -0.25) is 4.90 Å². The van der Waals surface area contributed by atoms with Crippen molar-refractivity contribution in [2.45, 2.75) is 77.9 Å². The zero-order chi connectivity index (χ0) is 15.8. The molecule has 118 valence electrons. The van der Waals surface area contributed by atoms with Crippen LogP contribution in [-0.2, 0) is 9.53 Å². The van der Waals surface area contributed by atoms with Gasteiger partial charge in [0.15, 0.2) is 0 Å². The summed E-state index contributed by atoms with van der Waals surface area (Å²) in [5, 5.41) is 9.24. The first-order chi connectivity index (χ1) is 9.19. The number of carbonyl (C=O) groups is 2. The molecule has 1 atom stereocenters. The predicted octanol–water partition coefficient (Wildman–Crippen LogP) is 3.67. The van der Waals surface area contributed by atoms with Crippen molar-refractivity contribution in [3.8, 4) is 0 Å². The molecule has 0 spiro atoms. The van der Waals surface area contributed by atoms with Gasteiger partial charge in [0.2, 0.25) is 0 Å². The van der Waals surface area contributed by atoms with E-state index in [1.807, 2.05) is 0 Å². The second-order valence-electron chi connectivity index (χ2n) is 6.15. The van der Waals surface area contributed by atoms with E-state index < -0.39 is 23.7 Å². The van der Waals surface area contributed by atoms with Crippen molar-refractivity contribution in [2.75, 3.05) is 7.05 Å². The number of likely N-dealkylation sites (N-methyl/N-ethyl adjacent to an activating group) is 1. The first-order valence-corrected chi connectivity index (χ1v) is 7.37. The number of nitrogens with zero attached hydrogens (tertiary/aromatic N) is 1. The van der Waals surface area contributed by atoms with Crippen molar-refractivity contribution in [3.63, 3.8) is 0 Å². The number of carboxylic acids is 1. The summed E-state index contributed by atoms with van der Waals surface area (Å²) in [7, 11) is 1.49. The fraction of sp³-hybridized carbons (Fsp3) is 0.867. The van der Waals surface area contributed by atoms with Crippen molar-refractivity contribution in [1.29, 1.82) is 0 Å². The highest BCUT2D eigenvalue weighted by atomic mass is 16.6. The van der Waals surface area contributed by atoms with Gasteiger partial charge in [-0.05, 0) is 27.2 Å². The van der Waals surface area contributed by atoms with Gasteiger partial charge in [-0.25, -0.2) is 9.59 Å².